The van der Waals surface area contributed by atoms with Crippen LogP contribution in [0.15, 0.2) is 383 Å². The molecule has 0 fully saturated rings. The molecule has 5 heteroatoms. The molecule has 0 aromatic heterocycles. The van der Waals surface area contributed by atoms with Gasteiger partial charge in [0.2, 0.25) is 0 Å². The van der Waals surface area contributed by atoms with Crippen molar-refractivity contribution < 1.29 is 0 Å². The summed E-state index contributed by atoms with van der Waals surface area (Å²) in [5.74, 6) is 0. The molecule has 4 nitrogen and oxygen atoms in total. The van der Waals surface area contributed by atoms with E-state index in [1.807, 2.05) is 6.08 Å². The van der Waals surface area contributed by atoms with Gasteiger partial charge in [0.15, 0.2) is 0 Å². The zero-order chi connectivity index (χ0) is 67.4. The first-order chi connectivity index (χ1) is 49.3. The van der Waals surface area contributed by atoms with Crippen LogP contribution in [0.5, 0.6) is 0 Å². The van der Waals surface area contributed by atoms with Crippen LogP contribution in [0.3, 0.4) is 0 Å². The predicted octanol–water partition coefficient (Wildman–Crippen LogP) is 25.8. The Bertz CT molecular complexity index is 5520. The molecule has 0 heterocycles. The largest absolute Gasteiger partial charge is 0.310 e. The Labute approximate surface area is 588 Å². The molecule has 0 unspecified atom stereocenters. The summed E-state index contributed by atoms with van der Waals surface area (Å²) in [6, 6.07) is 136. The van der Waals surface area contributed by atoms with E-state index in [1.165, 1.54) is 59.0 Å². The van der Waals surface area contributed by atoms with Crippen LogP contribution in [-0.4, -0.2) is 8.07 Å². The summed E-state index contributed by atoms with van der Waals surface area (Å²) in [7, 11) is -2.24. The lowest BCUT2D eigenvalue weighted by Crippen LogP contribution is -2.52. The highest BCUT2D eigenvalue weighted by molar-refractivity contribution is 7.00. The monoisotopic (exact) mass is 1300 g/mol. The molecule has 0 aliphatic carbocycles. The van der Waals surface area contributed by atoms with E-state index in [0.29, 0.717) is 0 Å². The quantitative estimate of drug-likeness (QED) is 0.0428. The smallest absolute Gasteiger partial charge is 0.112 e. The standard InChI is InChI=1S/C95H76N4Si/c1-4-5-7-22-69-41-51-79(52-42-69)97(93-38-19-28-75-24-11-15-34-89(75)93)81-55-45-71(46-56-81)73-49-59-83(60-50-73)99(95-40-21-30-77-26-13-17-36-91(77)95)85-63-67-87(68-64-85)100(2,3)86-65-61-84(62-66-86)98(94-39-20-29-76-25-12-16-35-90(76)94)82-57-47-72(48-58-82)70-43-53-80(54-44-70)96(78-31-8-6-9-32-78)92-37-18-27-74-23-10-14-33-88(74)92/h4,6,8-21,23-68H,1,5,7,22H2,2-3H3. The maximum Gasteiger partial charge on any atom is 0.112 e. The summed E-state index contributed by atoms with van der Waals surface area (Å²) in [6.07, 6.45) is 5.16. The van der Waals surface area contributed by atoms with Crippen molar-refractivity contribution >= 4 is 130 Å². The fourth-order valence-corrected chi connectivity index (χ4v) is 16.9. The number of allylic oxidation sites excluding steroid dienone is 1. The summed E-state index contributed by atoms with van der Waals surface area (Å²) in [5, 5.41) is 12.4. The van der Waals surface area contributed by atoms with Crippen LogP contribution in [0.1, 0.15) is 18.4 Å². The second kappa shape index (κ2) is 27.7. The Morgan fingerprint density at radius 2 is 0.490 bits per heavy atom. The van der Waals surface area contributed by atoms with Crippen LogP contribution < -0.4 is 30.0 Å². The Morgan fingerprint density at radius 1 is 0.250 bits per heavy atom. The Kier molecular flexibility index (Phi) is 17.3. The van der Waals surface area contributed by atoms with E-state index >= 15 is 0 Å². The van der Waals surface area contributed by atoms with Crippen molar-refractivity contribution in [2.45, 2.75) is 32.4 Å². The molecule has 0 atom stereocenters. The van der Waals surface area contributed by atoms with Crippen LogP contribution in [-0.2, 0) is 6.42 Å². The first kappa shape index (κ1) is 62.5. The van der Waals surface area contributed by atoms with Gasteiger partial charge in [0.05, 0.1) is 22.7 Å². The maximum atomic E-state index is 3.93. The van der Waals surface area contributed by atoms with E-state index in [4.69, 9.17) is 0 Å². The number of benzene rings is 16. The van der Waals surface area contributed by atoms with Crippen LogP contribution in [0.2, 0.25) is 13.1 Å². The second-order valence-corrected chi connectivity index (χ2v) is 30.8. The van der Waals surface area contributed by atoms with Gasteiger partial charge in [-0.1, -0.05) is 278 Å². The van der Waals surface area contributed by atoms with Crippen molar-refractivity contribution in [3.63, 3.8) is 0 Å². The number of aryl methyl sites for hydroxylation is 1. The molecule has 100 heavy (non-hydrogen) atoms. The first-order valence-electron chi connectivity index (χ1n) is 34.8. The molecule has 0 aliphatic heterocycles. The van der Waals surface area contributed by atoms with E-state index in [9.17, 15) is 0 Å². The highest BCUT2D eigenvalue weighted by Gasteiger charge is 2.28. The molecule has 0 amide bonds. The van der Waals surface area contributed by atoms with Gasteiger partial charge in [0, 0.05) is 67.0 Å². The van der Waals surface area contributed by atoms with Gasteiger partial charge in [0.25, 0.3) is 0 Å². The summed E-state index contributed by atoms with van der Waals surface area (Å²) >= 11 is 0. The average molecular weight is 1300 g/mol. The fourth-order valence-electron chi connectivity index (χ4n) is 14.6. The van der Waals surface area contributed by atoms with Gasteiger partial charge in [-0.25, -0.2) is 0 Å². The maximum absolute atomic E-state index is 3.93. The molecule has 0 radical (unpaired) electrons. The SMILES string of the molecule is C=CCCCc1ccc(N(c2ccc(-c3ccc(N(c4ccc([Si](C)(C)c5ccc(N(c6ccc(-c7ccc(N(c8ccccc8)c8cccc9ccccc89)cc7)cc6)c6cccc7ccccc67)cc5)cc4)c4cccc5ccccc45)cc3)cc2)c2cccc3ccccc23)cc1. The predicted molar refractivity (Wildman–Crippen MR) is 432 cm³/mol. The minimum absolute atomic E-state index is 1.02. The van der Waals surface area contributed by atoms with Gasteiger partial charge in [0.1, 0.15) is 8.07 Å². The minimum Gasteiger partial charge on any atom is -0.310 e. The van der Waals surface area contributed by atoms with Crippen LogP contribution in [0, 0.1) is 0 Å². The lowest BCUT2D eigenvalue weighted by molar-refractivity contribution is 0.844. The molecule has 0 spiro atoms. The van der Waals surface area contributed by atoms with E-state index in [0.717, 1.165) is 110 Å². The molecule has 16 aromatic rings. The lowest BCUT2D eigenvalue weighted by atomic mass is 10.0. The highest BCUT2D eigenvalue weighted by Crippen LogP contribution is 2.45. The zero-order valence-electron chi connectivity index (χ0n) is 56.4. The molecule has 0 saturated carbocycles. The lowest BCUT2D eigenvalue weighted by Gasteiger charge is -2.30. The third-order valence-corrected chi connectivity index (χ3v) is 23.5. The molecule has 16 rings (SSSR count). The summed E-state index contributed by atoms with van der Waals surface area (Å²) in [6.45, 7) is 8.89. The summed E-state index contributed by atoms with van der Waals surface area (Å²) < 4.78 is 0. The van der Waals surface area contributed by atoms with Gasteiger partial charge in [-0.05, 0) is 190 Å². The van der Waals surface area contributed by atoms with Gasteiger partial charge < -0.3 is 19.6 Å². The van der Waals surface area contributed by atoms with Crippen LogP contribution >= 0.6 is 0 Å². The molecular formula is C95H76N4Si. The Hall–Kier alpha value is -12.3. The molecule has 0 N–H and O–H groups in total. The normalized spacial score (nSPS) is 11.5. The third-order valence-electron chi connectivity index (χ3n) is 20.0. The molecule has 0 bridgehead atoms. The number of anilines is 12. The van der Waals surface area contributed by atoms with Gasteiger partial charge >= 0.3 is 0 Å². The average Bonchev–Trinajstić information content (AvgIpc) is 0.800. The van der Waals surface area contributed by atoms with E-state index in [1.54, 1.807) is 0 Å². The number of para-hydroxylation sites is 1. The van der Waals surface area contributed by atoms with Gasteiger partial charge in [-0.3, -0.25) is 0 Å². The van der Waals surface area contributed by atoms with E-state index in [-0.39, 0.29) is 0 Å². The molecule has 480 valence electrons. The Morgan fingerprint density at radius 3 is 0.780 bits per heavy atom. The topological polar surface area (TPSA) is 13.0 Å². The van der Waals surface area contributed by atoms with Crippen molar-refractivity contribution in [1.29, 1.82) is 0 Å². The first-order valence-corrected chi connectivity index (χ1v) is 37.8. The number of unbranched alkanes of at least 4 members (excludes halogenated alkanes) is 1. The van der Waals surface area contributed by atoms with Crippen molar-refractivity contribution in [1.82, 2.24) is 0 Å². The van der Waals surface area contributed by atoms with E-state index < -0.39 is 8.07 Å². The molecule has 16 aromatic carbocycles. The number of nitrogens with zero attached hydrogens (tertiary/aromatic N) is 4. The molecule has 0 saturated heterocycles. The van der Waals surface area contributed by atoms with Crippen LogP contribution in [0.25, 0.3) is 65.3 Å². The van der Waals surface area contributed by atoms with Gasteiger partial charge in [-0.2, -0.15) is 0 Å². The summed E-state index contributed by atoms with van der Waals surface area (Å²) in [5.41, 5.74) is 19.4. The molecule has 0 aliphatic rings. The Balaban J connectivity index is 0.679. The van der Waals surface area contributed by atoms with Crippen molar-refractivity contribution in [3.8, 4) is 22.3 Å². The third kappa shape index (κ3) is 12.4. The number of hydrogen-bond acceptors (Lipinski definition) is 4. The van der Waals surface area contributed by atoms with Crippen molar-refractivity contribution in [3.05, 3.63) is 388 Å². The minimum atomic E-state index is -2.24. The van der Waals surface area contributed by atoms with Crippen LogP contribution in [0.4, 0.5) is 68.2 Å². The van der Waals surface area contributed by atoms with Gasteiger partial charge in [-0.15, -0.1) is 6.58 Å². The number of fused-ring (bicyclic) bond motifs is 4. The molecular weight excluding hydrogens is 1230 g/mol. The van der Waals surface area contributed by atoms with E-state index in [2.05, 4.69) is 409 Å². The number of hydrogen-bond donors (Lipinski definition) is 0. The number of rotatable bonds is 20. The highest BCUT2D eigenvalue weighted by atomic mass is 28.3. The fraction of sp³-hybridized carbons (Fsp3) is 0.0526. The second-order valence-electron chi connectivity index (χ2n) is 26.4. The van der Waals surface area contributed by atoms with Crippen molar-refractivity contribution in [2.75, 3.05) is 19.6 Å². The zero-order valence-corrected chi connectivity index (χ0v) is 57.4. The van der Waals surface area contributed by atoms with Crippen molar-refractivity contribution in [2.24, 2.45) is 0 Å². The summed E-state index contributed by atoms with van der Waals surface area (Å²) in [4.78, 5) is 9.60.